The Morgan fingerprint density at radius 3 is 2.68 bits per heavy atom. The average molecular weight is 265 g/mol. The summed E-state index contributed by atoms with van der Waals surface area (Å²) < 4.78 is 18.1. The number of hydrogen-bond donors (Lipinski definition) is 0. The Kier molecular flexibility index (Phi) is 3.33. The highest BCUT2D eigenvalue weighted by molar-refractivity contribution is 6.52. The molecule has 100 valence electrons. The van der Waals surface area contributed by atoms with Gasteiger partial charge in [0, 0.05) is 0 Å². The van der Waals surface area contributed by atoms with E-state index in [1.165, 1.54) is 6.07 Å². The standard InChI is InChI=1S/C13H12FNO4/c1-7(2)19-11(16)6-15-10-5-8(14)3-4-9(10)12(17)13(15)18/h3-5,7H,6H2,1-2H3. The molecule has 0 spiro atoms. The average Bonchev–Trinajstić information content (AvgIpc) is 2.53. The number of ketones is 1. The van der Waals surface area contributed by atoms with E-state index in [9.17, 15) is 18.8 Å². The third-order valence-electron chi connectivity index (χ3n) is 2.59. The molecule has 0 unspecified atom stereocenters. The number of ether oxygens (including phenoxy) is 1. The minimum Gasteiger partial charge on any atom is -0.462 e. The minimum absolute atomic E-state index is 0.101. The van der Waals surface area contributed by atoms with Crippen molar-refractivity contribution in [1.82, 2.24) is 0 Å². The molecule has 0 radical (unpaired) electrons. The highest BCUT2D eigenvalue weighted by Gasteiger charge is 2.37. The summed E-state index contributed by atoms with van der Waals surface area (Å²) in [6.07, 6.45) is -0.326. The van der Waals surface area contributed by atoms with Gasteiger partial charge in [-0.05, 0) is 32.0 Å². The maximum Gasteiger partial charge on any atom is 0.326 e. The van der Waals surface area contributed by atoms with Gasteiger partial charge in [0.1, 0.15) is 12.4 Å². The van der Waals surface area contributed by atoms with Gasteiger partial charge in [0.25, 0.3) is 11.7 Å². The van der Waals surface area contributed by atoms with Crippen molar-refractivity contribution in [2.45, 2.75) is 20.0 Å². The van der Waals surface area contributed by atoms with E-state index in [-0.39, 0.29) is 17.4 Å². The fourth-order valence-corrected chi connectivity index (χ4v) is 1.85. The molecule has 2 rings (SSSR count). The molecule has 1 amide bonds. The van der Waals surface area contributed by atoms with Crippen molar-refractivity contribution in [3.63, 3.8) is 0 Å². The minimum atomic E-state index is -0.846. The van der Waals surface area contributed by atoms with Crippen LogP contribution in [0.5, 0.6) is 0 Å². The van der Waals surface area contributed by atoms with Crippen LogP contribution < -0.4 is 4.90 Å². The van der Waals surface area contributed by atoms with Crippen molar-refractivity contribution in [2.24, 2.45) is 0 Å². The number of hydrogen-bond acceptors (Lipinski definition) is 4. The summed E-state index contributed by atoms with van der Waals surface area (Å²) in [5, 5.41) is 0. The van der Waals surface area contributed by atoms with Crippen molar-refractivity contribution in [1.29, 1.82) is 0 Å². The van der Waals surface area contributed by atoms with Crippen LogP contribution in [0, 0.1) is 5.82 Å². The number of carbonyl (C=O) groups excluding carboxylic acids is 3. The van der Waals surface area contributed by atoms with Gasteiger partial charge in [-0.2, -0.15) is 0 Å². The van der Waals surface area contributed by atoms with Gasteiger partial charge in [-0.1, -0.05) is 0 Å². The molecule has 1 aromatic carbocycles. The summed E-state index contributed by atoms with van der Waals surface area (Å²) in [4.78, 5) is 35.9. The maximum atomic E-state index is 13.2. The maximum absolute atomic E-state index is 13.2. The van der Waals surface area contributed by atoms with E-state index in [0.29, 0.717) is 0 Å². The topological polar surface area (TPSA) is 63.7 Å². The van der Waals surface area contributed by atoms with Gasteiger partial charge in [-0.3, -0.25) is 19.3 Å². The normalized spacial score (nSPS) is 14.0. The molecule has 1 aliphatic rings. The zero-order valence-corrected chi connectivity index (χ0v) is 10.5. The van der Waals surface area contributed by atoms with Crippen molar-refractivity contribution in [3.8, 4) is 0 Å². The lowest BCUT2D eigenvalue weighted by Crippen LogP contribution is -2.36. The summed E-state index contributed by atoms with van der Waals surface area (Å²) in [6.45, 7) is 2.93. The number of fused-ring (bicyclic) bond motifs is 1. The van der Waals surface area contributed by atoms with Gasteiger partial charge in [0.2, 0.25) is 0 Å². The fourth-order valence-electron chi connectivity index (χ4n) is 1.85. The van der Waals surface area contributed by atoms with E-state index in [0.717, 1.165) is 17.0 Å². The molecule has 0 saturated heterocycles. The molecule has 1 aliphatic heterocycles. The van der Waals surface area contributed by atoms with Crippen molar-refractivity contribution >= 4 is 23.3 Å². The Morgan fingerprint density at radius 1 is 1.37 bits per heavy atom. The van der Waals surface area contributed by atoms with E-state index in [2.05, 4.69) is 0 Å². The molecular formula is C13H12FNO4. The number of Topliss-reactive ketones (excluding diaryl/α,β-unsaturated/α-hetero) is 1. The van der Waals surface area contributed by atoms with Crippen molar-refractivity contribution < 1.29 is 23.5 Å². The first kappa shape index (κ1) is 13.2. The van der Waals surface area contributed by atoms with Crippen LogP contribution in [-0.2, 0) is 14.3 Å². The van der Waals surface area contributed by atoms with Gasteiger partial charge in [0.05, 0.1) is 17.4 Å². The quantitative estimate of drug-likeness (QED) is 0.610. The smallest absolute Gasteiger partial charge is 0.326 e. The zero-order chi connectivity index (χ0) is 14.2. The first-order valence-electron chi connectivity index (χ1n) is 5.75. The molecular weight excluding hydrogens is 253 g/mol. The number of benzene rings is 1. The Labute approximate surface area is 109 Å². The molecule has 6 heteroatoms. The second-order valence-electron chi connectivity index (χ2n) is 4.42. The zero-order valence-electron chi connectivity index (χ0n) is 10.5. The lowest BCUT2D eigenvalue weighted by atomic mass is 10.1. The Hall–Kier alpha value is -2.24. The van der Waals surface area contributed by atoms with Gasteiger partial charge in [0.15, 0.2) is 0 Å². The number of esters is 1. The van der Waals surface area contributed by atoms with Crippen molar-refractivity contribution in [3.05, 3.63) is 29.6 Å². The van der Waals surface area contributed by atoms with Gasteiger partial charge >= 0.3 is 5.97 Å². The number of amides is 1. The number of carbonyl (C=O) groups is 3. The number of nitrogens with zero attached hydrogens (tertiary/aromatic N) is 1. The van der Waals surface area contributed by atoms with Gasteiger partial charge in [-0.25, -0.2) is 4.39 Å². The van der Waals surface area contributed by atoms with Crippen molar-refractivity contribution in [2.75, 3.05) is 11.4 Å². The molecule has 1 aromatic rings. The van der Waals surface area contributed by atoms with E-state index in [1.807, 2.05) is 0 Å². The highest BCUT2D eigenvalue weighted by atomic mass is 19.1. The molecule has 19 heavy (non-hydrogen) atoms. The second kappa shape index (κ2) is 4.79. The summed E-state index contributed by atoms with van der Waals surface area (Å²) in [5.74, 6) is -2.81. The second-order valence-corrected chi connectivity index (χ2v) is 4.42. The lowest BCUT2D eigenvalue weighted by Gasteiger charge is -2.16. The van der Waals surface area contributed by atoms with Crippen LogP contribution in [0.25, 0.3) is 0 Å². The van der Waals surface area contributed by atoms with E-state index >= 15 is 0 Å². The Balaban J connectivity index is 2.28. The predicted molar refractivity (Wildman–Crippen MR) is 64.3 cm³/mol. The largest absolute Gasteiger partial charge is 0.462 e. The van der Waals surface area contributed by atoms with E-state index in [4.69, 9.17) is 4.74 Å². The van der Waals surface area contributed by atoms with Crippen LogP contribution in [-0.4, -0.2) is 30.3 Å². The van der Waals surface area contributed by atoms with E-state index in [1.54, 1.807) is 13.8 Å². The highest BCUT2D eigenvalue weighted by Crippen LogP contribution is 2.29. The first-order valence-corrected chi connectivity index (χ1v) is 5.75. The third kappa shape index (κ3) is 2.47. The third-order valence-corrected chi connectivity index (χ3v) is 2.59. The molecule has 0 atom stereocenters. The molecule has 0 aliphatic carbocycles. The number of anilines is 1. The van der Waals surface area contributed by atoms with Crippen LogP contribution in [0.4, 0.5) is 10.1 Å². The Morgan fingerprint density at radius 2 is 2.05 bits per heavy atom. The lowest BCUT2D eigenvalue weighted by molar-refractivity contribution is -0.146. The summed E-state index contributed by atoms with van der Waals surface area (Å²) in [5.41, 5.74) is 0.208. The number of halogens is 1. The van der Waals surface area contributed by atoms with E-state index < -0.39 is 30.0 Å². The summed E-state index contributed by atoms with van der Waals surface area (Å²) in [6, 6.07) is 3.39. The van der Waals surface area contributed by atoms with Crippen LogP contribution >= 0.6 is 0 Å². The van der Waals surface area contributed by atoms with Gasteiger partial charge in [-0.15, -0.1) is 0 Å². The molecule has 0 fully saturated rings. The molecule has 5 nitrogen and oxygen atoms in total. The Bertz CT molecular complexity index is 568. The monoisotopic (exact) mass is 265 g/mol. The van der Waals surface area contributed by atoms with Crippen LogP contribution in [0.15, 0.2) is 18.2 Å². The molecule has 0 aromatic heterocycles. The predicted octanol–water partition coefficient (Wildman–Crippen LogP) is 1.31. The molecule has 0 N–H and O–H groups in total. The summed E-state index contributed by atoms with van der Waals surface area (Å²) in [7, 11) is 0. The molecule has 0 bridgehead atoms. The SMILES string of the molecule is CC(C)OC(=O)CN1C(=O)C(=O)c2ccc(F)cc21. The number of rotatable bonds is 3. The van der Waals surface area contributed by atoms with Crippen LogP contribution in [0.2, 0.25) is 0 Å². The molecule has 0 saturated carbocycles. The fraction of sp³-hybridized carbons (Fsp3) is 0.308. The first-order chi connectivity index (χ1) is 8.90. The van der Waals surface area contributed by atoms with Crippen LogP contribution in [0.3, 0.4) is 0 Å². The summed E-state index contributed by atoms with van der Waals surface area (Å²) >= 11 is 0. The van der Waals surface area contributed by atoms with Crippen LogP contribution in [0.1, 0.15) is 24.2 Å². The molecule has 1 heterocycles. The van der Waals surface area contributed by atoms with Gasteiger partial charge < -0.3 is 4.74 Å².